The van der Waals surface area contributed by atoms with Crippen LogP contribution in [0.25, 0.3) is 6.08 Å². The topological polar surface area (TPSA) is 0 Å². The Balaban J connectivity index is 0.000000621. The minimum atomic E-state index is 1.23. The van der Waals surface area contributed by atoms with Crippen molar-refractivity contribution in [3.8, 4) is 0 Å². The molecule has 1 aromatic carbocycles. The lowest BCUT2D eigenvalue weighted by molar-refractivity contribution is 0.713. The summed E-state index contributed by atoms with van der Waals surface area (Å²) in [6, 6.07) is 4.47. The molecular formula is C20H34. The second-order valence-corrected chi connectivity index (χ2v) is 5.65. The van der Waals surface area contributed by atoms with Gasteiger partial charge in [0.15, 0.2) is 0 Å². The summed E-state index contributed by atoms with van der Waals surface area (Å²) in [6.07, 6.45) is 11.2. The van der Waals surface area contributed by atoms with Crippen molar-refractivity contribution in [1.82, 2.24) is 0 Å². The van der Waals surface area contributed by atoms with Crippen LogP contribution >= 0.6 is 0 Å². The largest absolute Gasteiger partial charge is 0.0985 e. The van der Waals surface area contributed by atoms with E-state index in [-0.39, 0.29) is 0 Å². The van der Waals surface area contributed by atoms with E-state index in [4.69, 9.17) is 0 Å². The number of benzene rings is 1. The van der Waals surface area contributed by atoms with Crippen molar-refractivity contribution in [2.75, 3.05) is 0 Å². The van der Waals surface area contributed by atoms with Gasteiger partial charge in [0.25, 0.3) is 0 Å². The van der Waals surface area contributed by atoms with Gasteiger partial charge in [-0.2, -0.15) is 0 Å². The second kappa shape index (κ2) is 11.8. The molecule has 0 nitrogen and oxygen atoms in total. The van der Waals surface area contributed by atoms with Crippen LogP contribution in [0.4, 0.5) is 0 Å². The predicted molar refractivity (Wildman–Crippen MR) is 94.4 cm³/mol. The summed E-state index contributed by atoms with van der Waals surface area (Å²) in [7, 11) is 0. The van der Waals surface area contributed by atoms with Crippen LogP contribution in [0.1, 0.15) is 81.5 Å². The summed E-state index contributed by atoms with van der Waals surface area (Å²) in [5, 5.41) is 0. The van der Waals surface area contributed by atoms with Gasteiger partial charge in [-0.1, -0.05) is 77.7 Å². The van der Waals surface area contributed by atoms with E-state index in [9.17, 15) is 0 Å². The van der Waals surface area contributed by atoms with Gasteiger partial charge in [0.1, 0.15) is 0 Å². The Kier molecular flexibility index (Phi) is 11.1. The molecule has 0 atom stereocenters. The molecule has 0 N–H and O–H groups in total. The fourth-order valence-corrected chi connectivity index (χ4v) is 2.44. The van der Waals surface area contributed by atoms with E-state index in [0.29, 0.717) is 0 Å². The number of aryl methyl sites for hydroxylation is 2. The summed E-state index contributed by atoms with van der Waals surface area (Å²) in [5.41, 5.74) is 5.61. The number of rotatable bonds is 7. The molecule has 0 saturated carbocycles. The first kappa shape index (κ1) is 19.0. The lowest BCUT2D eigenvalue weighted by atomic mass is 9.95. The van der Waals surface area contributed by atoms with Crippen LogP contribution in [-0.4, -0.2) is 0 Å². The van der Waals surface area contributed by atoms with Gasteiger partial charge in [0.05, 0.1) is 0 Å². The first-order valence-electron chi connectivity index (χ1n) is 8.33. The summed E-state index contributed by atoms with van der Waals surface area (Å²) >= 11 is 0. The summed E-state index contributed by atoms with van der Waals surface area (Å²) < 4.78 is 0. The van der Waals surface area contributed by atoms with Gasteiger partial charge >= 0.3 is 0 Å². The fraction of sp³-hybridized carbons (Fsp3) is 0.600. The van der Waals surface area contributed by atoms with E-state index < -0.39 is 0 Å². The lowest BCUT2D eigenvalue weighted by Gasteiger charge is -2.11. The number of hydrogen-bond donors (Lipinski definition) is 0. The zero-order valence-electron chi connectivity index (χ0n) is 14.4. The Morgan fingerprint density at radius 3 is 1.70 bits per heavy atom. The van der Waals surface area contributed by atoms with Crippen molar-refractivity contribution in [2.45, 2.75) is 79.6 Å². The SMILES string of the molecule is C=Cc1cc(C)c(CCCCC)c(C)c1.CCCCC. The maximum atomic E-state index is 3.82. The summed E-state index contributed by atoms with van der Waals surface area (Å²) in [5.74, 6) is 0. The van der Waals surface area contributed by atoms with Crippen molar-refractivity contribution in [3.63, 3.8) is 0 Å². The fourth-order valence-electron chi connectivity index (χ4n) is 2.44. The van der Waals surface area contributed by atoms with E-state index in [2.05, 4.69) is 53.3 Å². The average Bonchev–Trinajstić information content (AvgIpc) is 2.43. The van der Waals surface area contributed by atoms with Gasteiger partial charge in [0, 0.05) is 0 Å². The Hall–Kier alpha value is -1.04. The molecule has 0 aliphatic carbocycles. The highest BCUT2D eigenvalue weighted by Gasteiger charge is 2.03. The van der Waals surface area contributed by atoms with Gasteiger partial charge in [-0.3, -0.25) is 0 Å². The van der Waals surface area contributed by atoms with Gasteiger partial charge in [-0.25, -0.2) is 0 Å². The van der Waals surface area contributed by atoms with Crippen LogP contribution in [0.2, 0.25) is 0 Å². The Morgan fingerprint density at radius 2 is 1.35 bits per heavy atom. The molecule has 114 valence electrons. The molecule has 0 aliphatic rings. The predicted octanol–water partition coefficient (Wildman–Crippen LogP) is 6.88. The number of unbranched alkanes of at least 4 members (excludes halogenated alkanes) is 4. The van der Waals surface area contributed by atoms with E-state index >= 15 is 0 Å². The highest BCUT2D eigenvalue weighted by Crippen LogP contribution is 2.19. The van der Waals surface area contributed by atoms with E-state index in [1.54, 1.807) is 0 Å². The molecule has 0 spiro atoms. The minimum absolute atomic E-state index is 1.23. The van der Waals surface area contributed by atoms with Crippen LogP contribution in [0.15, 0.2) is 18.7 Å². The molecule has 0 amide bonds. The summed E-state index contributed by atoms with van der Waals surface area (Å²) in [4.78, 5) is 0. The van der Waals surface area contributed by atoms with Crippen molar-refractivity contribution in [3.05, 3.63) is 41.0 Å². The minimum Gasteiger partial charge on any atom is -0.0985 e. The molecule has 0 aliphatic heterocycles. The number of hydrogen-bond acceptors (Lipinski definition) is 0. The average molecular weight is 274 g/mol. The molecule has 0 radical (unpaired) electrons. The van der Waals surface area contributed by atoms with Crippen LogP contribution in [0.3, 0.4) is 0 Å². The summed E-state index contributed by atoms with van der Waals surface area (Å²) in [6.45, 7) is 14.9. The molecule has 1 aromatic rings. The molecule has 0 heterocycles. The smallest absolute Gasteiger partial charge is 0.0257 e. The van der Waals surface area contributed by atoms with Gasteiger partial charge in [-0.15, -0.1) is 0 Å². The van der Waals surface area contributed by atoms with Crippen molar-refractivity contribution in [1.29, 1.82) is 0 Å². The highest BCUT2D eigenvalue weighted by molar-refractivity contribution is 5.52. The first-order valence-corrected chi connectivity index (χ1v) is 8.33. The molecule has 0 heteroatoms. The Labute approximate surface area is 127 Å². The quantitative estimate of drug-likeness (QED) is 0.476. The first-order chi connectivity index (χ1) is 9.60. The molecule has 0 fully saturated rings. The molecule has 0 bridgehead atoms. The maximum Gasteiger partial charge on any atom is -0.0257 e. The molecule has 1 rings (SSSR count). The van der Waals surface area contributed by atoms with E-state index in [1.807, 2.05) is 6.08 Å². The monoisotopic (exact) mass is 274 g/mol. The normalized spacial score (nSPS) is 9.85. The van der Waals surface area contributed by atoms with Gasteiger partial charge in [-0.05, 0) is 48.9 Å². The van der Waals surface area contributed by atoms with Crippen molar-refractivity contribution < 1.29 is 0 Å². The van der Waals surface area contributed by atoms with Crippen LogP contribution in [0, 0.1) is 13.8 Å². The lowest BCUT2D eigenvalue weighted by Crippen LogP contribution is -1.95. The van der Waals surface area contributed by atoms with Crippen LogP contribution < -0.4 is 0 Å². The molecular weight excluding hydrogens is 240 g/mol. The van der Waals surface area contributed by atoms with Gasteiger partial charge < -0.3 is 0 Å². The maximum absolute atomic E-state index is 3.82. The Bertz CT molecular complexity index is 349. The van der Waals surface area contributed by atoms with Gasteiger partial charge in [0.2, 0.25) is 0 Å². The zero-order chi connectivity index (χ0) is 15.4. The van der Waals surface area contributed by atoms with Crippen LogP contribution in [0.5, 0.6) is 0 Å². The van der Waals surface area contributed by atoms with Crippen molar-refractivity contribution in [2.24, 2.45) is 0 Å². The van der Waals surface area contributed by atoms with Crippen molar-refractivity contribution >= 4 is 6.08 Å². The van der Waals surface area contributed by atoms with Crippen LogP contribution in [-0.2, 0) is 6.42 Å². The Morgan fingerprint density at radius 1 is 0.850 bits per heavy atom. The standard InChI is InChI=1S/C15H22.C5H12/c1-5-7-8-9-15-12(3)10-14(6-2)11-13(15)4;1-3-5-4-2/h6,10-11H,2,5,7-9H2,1,3-4H3;3-5H2,1-2H3. The molecule has 0 aromatic heterocycles. The molecule has 0 saturated heterocycles. The second-order valence-electron chi connectivity index (χ2n) is 5.65. The highest BCUT2D eigenvalue weighted by atomic mass is 14.1. The zero-order valence-corrected chi connectivity index (χ0v) is 14.4. The third-order valence-electron chi connectivity index (χ3n) is 3.69. The van der Waals surface area contributed by atoms with E-state index in [0.717, 1.165) is 0 Å². The van der Waals surface area contributed by atoms with E-state index in [1.165, 1.54) is 67.2 Å². The third kappa shape index (κ3) is 7.53. The third-order valence-corrected chi connectivity index (χ3v) is 3.69. The molecule has 0 unspecified atom stereocenters. The molecule has 20 heavy (non-hydrogen) atoms.